The Balaban J connectivity index is 2.37. The second-order valence-corrected chi connectivity index (χ2v) is 5.48. The molecule has 0 aliphatic heterocycles. The van der Waals surface area contributed by atoms with Crippen molar-refractivity contribution in [1.82, 2.24) is 4.57 Å². The zero-order chi connectivity index (χ0) is 12.0. The van der Waals surface area contributed by atoms with Crippen LogP contribution < -0.4 is 11.3 Å². The fourth-order valence-corrected chi connectivity index (χ4v) is 2.30. The minimum Gasteiger partial charge on any atom is -0.398 e. The summed E-state index contributed by atoms with van der Waals surface area (Å²) in [6.07, 6.45) is 3.93. The number of anilines is 1. The van der Waals surface area contributed by atoms with Gasteiger partial charge in [-0.15, -0.1) is 0 Å². The van der Waals surface area contributed by atoms with E-state index in [0.29, 0.717) is 10.9 Å². The van der Waals surface area contributed by atoms with Gasteiger partial charge >= 0.3 is 0 Å². The highest BCUT2D eigenvalue weighted by molar-refractivity contribution is 7.99. The Bertz CT molecular complexity index is 376. The lowest BCUT2D eigenvalue weighted by atomic mass is 10.4. The second kappa shape index (κ2) is 6.63. The number of thioether (sulfide) groups is 1. The number of hydrogen-bond acceptors (Lipinski definition) is 3. The van der Waals surface area contributed by atoms with Crippen molar-refractivity contribution in [3.8, 4) is 0 Å². The van der Waals surface area contributed by atoms with Crippen LogP contribution in [0.4, 0.5) is 5.69 Å². The van der Waals surface area contributed by atoms with Crippen LogP contribution in [0.5, 0.6) is 0 Å². The summed E-state index contributed by atoms with van der Waals surface area (Å²) in [6, 6.07) is 3.17. The van der Waals surface area contributed by atoms with Crippen molar-refractivity contribution in [2.75, 3.05) is 11.5 Å². The van der Waals surface area contributed by atoms with Gasteiger partial charge in [0.15, 0.2) is 0 Å². The molecule has 1 rings (SSSR count). The highest BCUT2D eigenvalue weighted by atomic mass is 32.2. The molecule has 0 fully saturated rings. The quantitative estimate of drug-likeness (QED) is 0.776. The summed E-state index contributed by atoms with van der Waals surface area (Å²) in [7, 11) is 0. The Morgan fingerprint density at radius 2 is 2.25 bits per heavy atom. The molecule has 1 atom stereocenters. The molecule has 1 aromatic heterocycles. The van der Waals surface area contributed by atoms with Crippen LogP contribution in [0.3, 0.4) is 0 Å². The monoisotopic (exact) mass is 240 g/mol. The van der Waals surface area contributed by atoms with Crippen LogP contribution >= 0.6 is 11.8 Å². The highest BCUT2D eigenvalue weighted by Crippen LogP contribution is 2.14. The van der Waals surface area contributed by atoms with Gasteiger partial charge in [0.2, 0.25) is 0 Å². The molecule has 2 N–H and O–H groups in total. The zero-order valence-corrected chi connectivity index (χ0v) is 10.8. The molecule has 0 amide bonds. The standard InChI is InChI=1S/C12H20N2OS/c1-3-10(2)16-8-4-7-14-9-11(13)5-6-12(14)15/h5-6,9-10H,3-4,7-8,13H2,1-2H3. The fourth-order valence-electron chi connectivity index (χ4n) is 1.36. The predicted molar refractivity (Wildman–Crippen MR) is 71.9 cm³/mol. The molecule has 0 saturated heterocycles. The average molecular weight is 240 g/mol. The Labute approximate surface area is 101 Å². The average Bonchev–Trinajstić information content (AvgIpc) is 2.28. The van der Waals surface area contributed by atoms with Gasteiger partial charge in [0.25, 0.3) is 5.56 Å². The van der Waals surface area contributed by atoms with Crippen LogP contribution in [0, 0.1) is 0 Å². The van der Waals surface area contributed by atoms with E-state index in [1.54, 1.807) is 16.8 Å². The molecule has 0 bridgehead atoms. The van der Waals surface area contributed by atoms with Crippen molar-refractivity contribution >= 4 is 17.4 Å². The Morgan fingerprint density at radius 3 is 2.94 bits per heavy atom. The van der Waals surface area contributed by atoms with Gasteiger partial charge in [-0.3, -0.25) is 4.79 Å². The molecule has 16 heavy (non-hydrogen) atoms. The van der Waals surface area contributed by atoms with E-state index in [9.17, 15) is 4.79 Å². The molecule has 1 aromatic rings. The van der Waals surface area contributed by atoms with Crippen molar-refractivity contribution in [2.45, 2.75) is 38.5 Å². The van der Waals surface area contributed by atoms with Crippen molar-refractivity contribution < 1.29 is 0 Å². The first-order valence-electron chi connectivity index (χ1n) is 5.71. The first-order chi connectivity index (χ1) is 7.63. The third kappa shape index (κ3) is 4.31. The van der Waals surface area contributed by atoms with Gasteiger partial charge in [-0.25, -0.2) is 0 Å². The number of aryl methyl sites for hydroxylation is 1. The summed E-state index contributed by atoms with van der Waals surface area (Å²) in [6.45, 7) is 5.19. The van der Waals surface area contributed by atoms with E-state index in [4.69, 9.17) is 5.73 Å². The SMILES string of the molecule is CCC(C)SCCCn1cc(N)ccc1=O. The smallest absolute Gasteiger partial charge is 0.250 e. The molecule has 0 aliphatic carbocycles. The molecule has 90 valence electrons. The van der Waals surface area contributed by atoms with E-state index in [2.05, 4.69) is 13.8 Å². The van der Waals surface area contributed by atoms with E-state index in [0.717, 1.165) is 18.7 Å². The summed E-state index contributed by atoms with van der Waals surface area (Å²) in [5.41, 5.74) is 6.31. The lowest BCUT2D eigenvalue weighted by molar-refractivity contribution is 0.659. The van der Waals surface area contributed by atoms with Crippen molar-refractivity contribution in [2.24, 2.45) is 0 Å². The topological polar surface area (TPSA) is 48.0 Å². The van der Waals surface area contributed by atoms with Crippen molar-refractivity contribution in [3.05, 3.63) is 28.7 Å². The predicted octanol–water partition coefficient (Wildman–Crippen LogP) is 2.35. The maximum Gasteiger partial charge on any atom is 0.250 e. The molecular formula is C12H20N2OS. The number of aromatic nitrogens is 1. The van der Waals surface area contributed by atoms with Gasteiger partial charge in [-0.05, 0) is 24.7 Å². The Hall–Kier alpha value is -0.900. The van der Waals surface area contributed by atoms with Gasteiger partial charge < -0.3 is 10.3 Å². The summed E-state index contributed by atoms with van der Waals surface area (Å²) in [4.78, 5) is 11.5. The highest BCUT2D eigenvalue weighted by Gasteiger charge is 2.00. The molecular weight excluding hydrogens is 220 g/mol. The minimum absolute atomic E-state index is 0.0303. The summed E-state index contributed by atoms with van der Waals surface area (Å²) >= 11 is 1.96. The van der Waals surface area contributed by atoms with Crippen LogP contribution in [0.15, 0.2) is 23.1 Å². The lowest BCUT2D eigenvalue weighted by Crippen LogP contribution is -2.19. The number of pyridine rings is 1. The molecule has 1 heterocycles. The van der Waals surface area contributed by atoms with Gasteiger partial charge in [0.1, 0.15) is 0 Å². The molecule has 1 unspecified atom stereocenters. The summed E-state index contributed by atoms with van der Waals surface area (Å²) < 4.78 is 1.69. The van der Waals surface area contributed by atoms with Crippen LogP contribution in [0.2, 0.25) is 0 Å². The number of nitrogens with zero attached hydrogens (tertiary/aromatic N) is 1. The molecule has 0 saturated carbocycles. The van der Waals surface area contributed by atoms with E-state index in [-0.39, 0.29) is 5.56 Å². The molecule has 0 radical (unpaired) electrons. The van der Waals surface area contributed by atoms with E-state index >= 15 is 0 Å². The third-order valence-electron chi connectivity index (χ3n) is 2.53. The van der Waals surface area contributed by atoms with Crippen LogP contribution in [0.25, 0.3) is 0 Å². The van der Waals surface area contributed by atoms with E-state index < -0.39 is 0 Å². The van der Waals surface area contributed by atoms with Crippen LogP contribution in [-0.2, 0) is 6.54 Å². The van der Waals surface area contributed by atoms with E-state index in [1.807, 2.05) is 11.8 Å². The molecule has 3 nitrogen and oxygen atoms in total. The molecule has 4 heteroatoms. The van der Waals surface area contributed by atoms with Crippen LogP contribution in [0.1, 0.15) is 26.7 Å². The first kappa shape index (κ1) is 13.2. The molecule has 0 spiro atoms. The first-order valence-corrected chi connectivity index (χ1v) is 6.76. The summed E-state index contributed by atoms with van der Waals surface area (Å²) in [5.74, 6) is 1.09. The van der Waals surface area contributed by atoms with Gasteiger partial charge in [-0.1, -0.05) is 13.8 Å². The van der Waals surface area contributed by atoms with Gasteiger partial charge in [-0.2, -0.15) is 11.8 Å². The number of hydrogen-bond donors (Lipinski definition) is 1. The van der Waals surface area contributed by atoms with Gasteiger partial charge in [0, 0.05) is 29.7 Å². The maximum atomic E-state index is 11.5. The summed E-state index contributed by atoms with van der Waals surface area (Å²) in [5, 5.41) is 0.706. The maximum absolute atomic E-state index is 11.5. The molecule has 0 aliphatic rings. The van der Waals surface area contributed by atoms with Crippen LogP contribution in [-0.4, -0.2) is 15.6 Å². The third-order valence-corrected chi connectivity index (χ3v) is 3.95. The minimum atomic E-state index is 0.0303. The Morgan fingerprint density at radius 1 is 1.50 bits per heavy atom. The van der Waals surface area contributed by atoms with Crippen molar-refractivity contribution in [1.29, 1.82) is 0 Å². The largest absolute Gasteiger partial charge is 0.398 e. The lowest BCUT2D eigenvalue weighted by Gasteiger charge is -2.09. The van der Waals surface area contributed by atoms with Gasteiger partial charge in [0.05, 0.1) is 0 Å². The number of nitrogen functional groups attached to an aromatic ring is 1. The zero-order valence-electron chi connectivity index (χ0n) is 9.98. The van der Waals surface area contributed by atoms with Crippen molar-refractivity contribution in [3.63, 3.8) is 0 Å². The normalized spacial score (nSPS) is 12.6. The van der Waals surface area contributed by atoms with E-state index in [1.165, 1.54) is 12.5 Å². The second-order valence-electron chi connectivity index (χ2n) is 3.94. The Kier molecular flexibility index (Phi) is 5.46. The number of nitrogens with two attached hydrogens (primary N) is 1. The molecule has 0 aromatic carbocycles. The fraction of sp³-hybridized carbons (Fsp3) is 0.583. The number of rotatable bonds is 6.